The lowest BCUT2D eigenvalue weighted by atomic mass is 10.1. The van der Waals surface area contributed by atoms with Crippen molar-refractivity contribution in [2.45, 2.75) is 0 Å². The minimum Gasteiger partial charge on any atom is -0.497 e. The second kappa shape index (κ2) is 7.54. The van der Waals surface area contributed by atoms with E-state index in [1.165, 1.54) is 6.07 Å². The van der Waals surface area contributed by atoms with Crippen molar-refractivity contribution >= 4 is 17.3 Å². The number of hydrogen-bond donors (Lipinski definition) is 3. The second-order valence-corrected chi connectivity index (χ2v) is 5.35. The molecule has 3 N–H and O–H groups in total. The second-order valence-electron chi connectivity index (χ2n) is 5.35. The Morgan fingerprint density at radius 1 is 1.08 bits per heavy atom. The zero-order chi connectivity index (χ0) is 18.5. The Balaban J connectivity index is 1.96. The van der Waals surface area contributed by atoms with Crippen LogP contribution in [0.1, 0.15) is 10.4 Å². The van der Waals surface area contributed by atoms with Crippen LogP contribution < -0.4 is 21.2 Å². The van der Waals surface area contributed by atoms with Gasteiger partial charge in [0.2, 0.25) is 0 Å². The maximum absolute atomic E-state index is 12.4. The first kappa shape index (κ1) is 17.2. The number of carbonyl (C=O) groups is 1. The van der Waals surface area contributed by atoms with Crippen molar-refractivity contribution < 1.29 is 19.2 Å². The zero-order valence-electron chi connectivity index (χ0n) is 13.9. The van der Waals surface area contributed by atoms with Crippen LogP contribution in [0.2, 0.25) is 0 Å². The standard InChI is InChI=1S/C19H16N2O5/c1-25-14-9-7-12(8-10-14)16-11-15(21-24)17(19(23)26-16)18(22)20-13-5-3-2-4-6-13/h2-11,21,24H,1H3,(H,20,22). The van der Waals surface area contributed by atoms with E-state index in [4.69, 9.17) is 9.15 Å². The number of nitrogens with one attached hydrogen (secondary N) is 2. The van der Waals surface area contributed by atoms with Gasteiger partial charge in [-0.15, -0.1) is 0 Å². The molecular formula is C19H16N2O5. The highest BCUT2D eigenvalue weighted by Crippen LogP contribution is 2.25. The molecule has 3 rings (SSSR count). The summed E-state index contributed by atoms with van der Waals surface area (Å²) >= 11 is 0. The van der Waals surface area contributed by atoms with Crippen molar-refractivity contribution in [3.63, 3.8) is 0 Å². The number of carbonyl (C=O) groups excluding carboxylic acids is 1. The van der Waals surface area contributed by atoms with Crippen LogP contribution in [-0.2, 0) is 0 Å². The Bertz CT molecular complexity index is 965. The highest BCUT2D eigenvalue weighted by Gasteiger charge is 2.20. The lowest BCUT2D eigenvalue weighted by molar-refractivity contribution is 0.102. The molecule has 1 amide bonds. The Morgan fingerprint density at radius 2 is 1.77 bits per heavy atom. The fourth-order valence-corrected chi connectivity index (χ4v) is 2.41. The molecule has 0 atom stereocenters. The number of methoxy groups -OCH3 is 1. The van der Waals surface area contributed by atoms with Gasteiger partial charge in [0.15, 0.2) is 5.56 Å². The Morgan fingerprint density at radius 3 is 2.38 bits per heavy atom. The third-order valence-electron chi connectivity index (χ3n) is 3.71. The average molecular weight is 352 g/mol. The number of amides is 1. The van der Waals surface area contributed by atoms with Gasteiger partial charge < -0.3 is 14.5 Å². The van der Waals surface area contributed by atoms with Crippen molar-refractivity contribution in [2.75, 3.05) is 17.9 Å². The normalized spacial score (nSPS) is 10.2. The van der Waals surface area contributed by atoms with Gasteiger partial charge in [-0.05, 0) is 36.4 Å². The maximum Gasteiger partial charge on any atom is 0.351 e. The van der Waals surface area contributed by atoms with Crippen LogP contribution >= 0.6 is 0 Å². The van der Waals surface area contributed by atoms with E-state index in [1.807, 2.05) is 5.48 Å². The van der Waals surface area contributed by atoms with E-state index in [9.17, 15) is 14.8 Å². The molecule has 7 nitrogen and oxygen atoms in total. The number of benzene rings is 2. The molecule has 7 heteroatoms. The van der Waals surface area contributed by atoms with Crippen molar-refractivity contribution in [1.29, 1.82) is 0 Å². The largest absolute Gasteiger partial charge is 0.497 e. The van der Waals surface area contributed by atoms with E-state index in [0.29, 0.717) is 17.0 Å². The number of para-hydroxylation sites is 1. The molecule has 0 spiro atoms. The molecule has 132 valence electrons. The number of hydrogen-bond acceptors (Lipinski definition) is 6. The zero-order valence-corrected chi connectivity index (χ0v) is 13.9. The van der Waals surface area contributed by atoms with Crippen LogP contribution in [0.4, 0.5) is 11.4 Å². The van der Waals surface area contributed by atoms with Crippen molar-refractivity contribution in [3.8, 4) is 17.1 Å². The van der Waals surface area contributed by atoms with Crippen molar-refractivity contribution in [3.05, 3.63) is 76.6 Å². The van der Waals surface area contributed by atoms with E-state index in [-0.39, 0.29) is 17.0 Å². The van der Waals surface area contributed by atoms with E-state index >= 15 is 0 Å². The van der Waals surface area contributed by atoms with Gasteiger partial charge in [0.1, 0.15) is 11.5 Å². The van der Waals surface area contributed by atoms with Crippen LogP contribution in [0.3, 0.4) is 0 Å². The van der Waals surface area contributed by atoms with Gasteiger partial charge in [-0.1, -0.05) is 18.2 Å². The molecule has 0 radical (unpaired) electrons. The Hall–Kier alpha value is -3.58. The van der Waals surface area contributed by atoms with E-state index in [2.05, 4.69) is 5.32 Å². The highest BCUT2D eigenvalue weighted by atomic mass is 16.5. The summed E-state index contributed by atoms with van der Waals surface area (Å²) in [7, 11) is 1.54. The topological polar surface area (TPSA) is 101 Å². The predicted molar refractivity (Wildman–Crippen MR) is 96.8 cm³/mol. The SMILES string of the molecule is COc1ccc(-c2cc(NO)c(C(=O)Nc3ccccc3)c(=O)o2)cc1. The summed E-state index contributed by atoms with van der Waals surface area (Å²) in [6, 6.07) is 16.8. The molecule has 1 aromatic heterocycles. The molecule has 0 saturated heterocycles. The van der Waals surface area contributed by atoms with Gasteiger partial charge in [0, 0.05) is 17.3 Å². The summed E-state index contributed by atoms with van der Waals surface area (Å²) < 4.78 is 10.3. The quantitative estimate of drug-likeness (QED) is 0.609. The molecule has 2 aromatic carbocycles. The molecule has 0 saturated carbocycles. The van der Waals surface area contributed by atoms with Gasteiger partial charge >= 0.3 is 5.63 Å². The van der Waals surface area contributed by atoms with Gasteiger partial charge in [0.25, 0.3) is 5.91 Å². The van der Waals surface area contributed by atoms with E-state index < -0.39 is 11.5 Å². The fraction of sp³-hybridized carbons (Fsp3) is 0.0526. The summed E-state index contributed by atoms with van der Waals surface area (Å²) in [4.78, 5) is 24.8. The molecule has 26 heavy (non-hydrogen) atoms. The first-order valence-corrected chi connectivity index (χ1v) is 7.71. The minimum absolute atomic E-state index is 0.0551. The average Bonchev–Trinajstić information content (AvgIpc) is 2.68. The van der Waals surface area contributed by atoms with E-state index in [0.717, 1.165) is 0 Å². The summed E-state index contributed by atoms with van der Waals surface area (Å²) in [5.41, 5.74) is 1.74. The van der Waals surface area contributed by atoms with Crippen molar-refractivity contribution in [1.82, 2.24) is 0 Å². The molecule has 0 unspecified atom stereocenters. The number of anilines is 2. The summed E-state index contributed by atoms with van der Waals surface area (Å²) in [6.45, 7) is 0. The fourth-order valence-electron chi connectivity index (χ4n) is 2.41. The Labute approximate surface area is 148 Å². The first-order valence-electron chi connectivity index (χ1n) is 7.71. The van der Waals surface area contributed by atoms with Crippen LogP contribution in [0.15, 0.2) is 69.9 Å². The third kappa shape index (κ3) is 3.57. The molecule has 3 aromatic rings. The lowest BCUT2D eigenvalue weighted by Crippen LogP contribution is -2.23. The monoisotopic (exact) mass is 352 g/mol. The molecule has 0 aliphatic heterocycles. The minimum atomic E-state index is -0.872. The van der Waals surface area contributed by atoms with Crippen molar-refractivity contribution in [2.24, 2.45) is 0 Å². The van der Waals surface area contributed by atoms with Crippen LogP contribution in [0, 0.1) is 0 Å². The highest BCUT2D eigenvalue weighted by molar-refractivity contribution is 6.07. The third-order valence-corrected chi connectivity index (χ3v) is 3.71. The summed E-state index contributed by atoms with van der Waals surface area (Å²) in [5.74, 6) is 0.156. The number of rotatable bonds is 5. The van der Waals surface area contributed by atoms with Crippen LogP contribution in [0.5, 0.6) is 5.75 Å². The van der Waals surface area contributed by atoms with Gasteiger partial charge in [-0.2, -0.15) is 0 Å². The van der Waals surface area contributed by atoms with Gasteiger partial charge in [-0.3, -0.25) is 15.5 Å². The molecule has 0 aliphatic carbocycles. The van der Waals surface area contributed by atoms with Crippen LogP contribution in [0.25, 0.3) is 11.3 Å². The summed E-state index contributed by atoms with van der Waals surface area (Å²) in [5, 5.41) is 12.0. The molecule has 1 heterocycles. The molecule has 0 bridgehead atoms. The summed E-state index contributed by atoms with van der Waals surface area (Å²) in [6.07, 6.45) is 0. The van der Waals surface area contributed by atoms with E-state index in [1.54, 1.807) is 61.7 Å². The maximum atomic E-state index is 12.4. The van der Waals surface area contributed by atoms with Crippen LogP contribution in [-0.4, -0.2) is 18.2 Å². The molecular weight excluding hydrogens is 336 g/mol. The van der Waals surface area contributed by atoms with Gasteiger partial charge in [-0.25, -0.2) is 4.79 Å². The first-order chi connectivity index (χ1) is 12.6. The molecule has 0 aliphatic rings. The predicted octanol–water partition coefficient (Wildman–Crippen LogP) is 3.37. The smallest absolute Gasteiger partial charge is 0.351 e. The number of ether oxygens (including phenoxy) is 1. The Kier molecular flexibility index (Phi) is 5.00. The van der Waals surface area contributed by atoms with Gasteiger partial charge in [0.05, 0.1) is 12.8 Å². The molecule has 0 fully saturated rings. The lowest BCUT2D eigenvalue weighted by Gasteiger charge is -2.10.